The lowest BCUT2D eigenvalue weighted by Crippen LogP contribution is -2.65. The minimum Gasteiger partial charge on any atom is -0.394 e. The zero-order valence-corrected chi connectivity index (χ0v) is 52.3. The van der Waals surface area contributed by atoms with Crippen LogP contribution in [0.2, 0.25) is 0 Å². The van der Waals surface area contributed by atoms with Gasteiger partial charge >= 0.3 is 0 Å². The van der Waals surface area contributed by atoms with Crippen molar-refractivity contribution in [3.8, 4) is 0 Å². The molecule has 81 heavy (non-hydrogen) atoms. The molecule has 2 aliphatic heterocycles. The van der Waals surface area contributed by atoms with Crippen molar-refractivity contribution in [1.82, 2.24) is 5.32 Å². The van der Waals surface area contributed by atoms with Gasteiger partial charge in [0.1, 0.15) is 48.8 Å². The van der Waals surface area contributed by atoms with Crippen LogP contribution in [0, 0.1) is 0 Å². The van der Waals surface area contributed by atoms with E-state index in [1.54, 1.807) is 0 Å². The third kappa shape index (κ3) is 38.0. The average Bonchev–Trinajstić information content (AvgIpc) is 3.63. The predicted molar refractivity (Wildman–Crippen MR) is 328 cm³/mol. The van der Waals surface area contributed by atoms with Gasteiger partial charge in [-0.2, -0.15) is 0 Å². The average molecular weight is 1160 g/mol. The molecule has 2 aliphatic rings. The number of hydrogen-bond donors (Lipinski definition) is 9. The Hall–Kier alpha value is -1.01. The Morgan fingerprint density at radius 3 is 1.05 bits per heavy atom. The molecule has 2 rings (SSSR count). The molecular weight excluding hydrogens is 1030 g/mol. The van der Waals surface area contributed by atoms with Gasteiger partial charge in [-0.1, -0.05) is 309 Å². The zero-order valence-electron chi connectivity index (χ0n) is 52.3. The Morgan fingerprint density at radius 1 is 0.395 bits per heavy atom. The maximum absolute atomic E-state index is 13.3. The highest BCUT2D eigenvalue weighted by Crippen LogP contribution is 2.30. The summed E-state index contributed by atoms with van der Waals surface area (Å²) in [6.07, 6.45) is 45.4. The van der Waals surface area contributed by atoms with Crippen LogP contribution in [0.4, 0.5) is 0 Å². The summed E-state index contributed by atoms with van der Waals surface area (Å²) in [7, 11) is 0. The highest BCUT2D eigenvalue weighted by molar-refractivity contribution is 5.76. The normalized spacial score (nSPS) is 24.0. The van der Waals surface area contributed by atoms with Crippen LogP contribution in [-0.2, 0) is 23.7 Å². The fourth-order valence-corrected chi connectivity index (χ4v) is 12.0. The van der Waals surface area contributed by atoms with Crippen LogP contribution in [-0.4, -0.2) is 140 Å². The number of aliphatic hydroxyl groups excluding tert-OH is 8. The van der Waals surface area contributed by atoms with Gasteiger partial charge in [-0.15, -0.1) is 0 Å². The van der Waals surface area contributed by atoms with Gasteiger partial charge in [0.2, 0.25) is 5.91 Å². The number of amides is 1. The maximum atomic E-state index is 13.3. The van der Waals surface area contributed by atoms with Crippen molar-refractivity contribution in [1.29, 1.82) is 0 Å². The van der Waals surface area contributed by atoms with Gasteiger partial charge in [-0.25, -0.2) is 0 Å². The molecule has 1 amide bonds. The summed E-state index contributed by atoms with van der Waals surface area (Å²) in [4.78, 5) is 13.3. The van der Waals surface area contributed by atoms with Gasteiger partial charge in [-0.3, -0.25) is 4.79 Å². The minimum absolute atomic E-state index is 0.197. The smallest absolute Gasteiger partial charge is 0.220 e. The molecule has 2 fully saturated rings. The molecule has 12 atom stereocenters. The van der Waals surface area contributed by atoms with Crippen LogP contribution in [0.3, 0.4) is 0 Å². The fraction of sp³-hybridized carbons (Fsp3) is 0.985. The monoisotopic (exact) mass is 1160 g/mol. The van der Waals surface area contributed by atoms with E-state index in [4.69, 9.17) is 18.9 Å². The molecule has 2 heterocycles. The summed E-state index contributed by atoms with van der Waals surface area (Å²) < 4.78 is 22.9. The number of carbonyl (C=O) groups excluding carboxylic acids is 1. The second kappa shape index (κ2) is 53.2. The van der Waals surface area contributed by atoms with E-state index in [0.717, 1.165) is 51.4 Å². The fourth-order valence-electron chi connectivity index (χ4n) is 12.0. The molecule has 9 N–H and O–H groups in total. The van der Waals surface area contributed by atoms with Gasteiger partial charge in [0.15, 0.2) is 12.6 Å². The van der Waals surface area contributed by atoms with Crippen molar-refractivity contribution in [2.75, 3.05) is 19.8 Å². The molecule has 2 saturated heterocycles. The maximum Gasteiger partial charge on any atom is 0.220 e. The summed E-state index contributed by atoms with van der Waals surface area (Å²) in [5, 5.41) is 87.6. The first kappa shape index (κ1) is 76.1. The number of rotatable bonds is 58. The summed E-state index contributed by atoms with van der Waals surface area (Å²) in [6, 6.07) is -0.824. The Kier molecular flexibility index (Phi) is 50.0. The van der Waals surface area contributed by atoms with E-state index in [-0.39, 0.29) is 12.5 Å². The molecule has 0 bridgehead atoms. The first-order valence-corrected chi connectivity index (χ1v) is 34.8. The van der Waals surface area contributed by atoms with E-state index >= 15 is 0 Å². The van der Waals surface area contributed by atoms with Crippen LogP contribution in [0.25, 0.3) is 0 Å². The number of carbonyl (C=O) groups is 1. The Balaban J connectivity index is 1.67. The second-order valence-corrected chi connectivity index (χ2v) is 25.0. The highest BCUT2D eigenvalue weighted by Gasteiger charge is 2.51. The molecule has 14 nitrogen and oxygen atoms in total. The van der Waals surface area contributed by atoms with Gasteiger partial charge in [-0.05, 0) is 12.8 Å². The first-order valence-electron chi connectivity index (χ1n) is 34.8. The largest absolute Gasteiger partial charge is 0.394 e. The number of hydrogen-bond acceptors (Lipinski definition) is 13. The molecule has 482 valence electrons. The molecule has 0 aromatic carbocycles. The van der Waals surface area contributed by atoms with Crippen molar-refractivity contribution >= 4 is 5.91 Å². The number of ether oxygens (including phenoxy) is 4. The second-order valence-electron chi connectivity index (χ2n) is 25.0. The van der Waals surface area contributed by atoms with Crippen molar-refractivity contribution in [2.24, 2.45) is 0 Å². The highest BCUT2D eigenvalue weighted by atomic mass is 16.7. The molecule has 0 aromatic heterocycles. The zero-order chi connectivity index (χ0) is 58.8. The van der Waals surface area contributed by atoms with E-state index in [1.807, 2.05) is 0 Å². The van der Waals surface area contributed by atoms with Crippen LogP contribution < -0.4 is 5.32 Å². The van der Waals surface area contributed by atoms with E-state index in [2.05, 4.69) is 19.2 Å². The summed E-state index contributed by atoms with van der Waals surface area (Å²) in [5.74, 6) is -0.197. The lowest BCUT2D eigenvalue weighted by molar-refractivity contribution is -0.359. The lowest BCUT2D eigenvalue weighted by atomic mass is 9.97. The Morgan fingerprint density at radius 2 is 0.704 bits per heavy atom. The number of nitrogens with one attached hydrogen (secondary N) is 1. The van der Waals surface area contributed by atoms with E-state index in [9.17, 15) is 45.6 Å². The van der Waals surface area contributed by atoms with E-state index in [1.165, 1.54) is 250 Å². The summed E-state index contributed by atoms with van der Waals surface area (Å²) in [5.41, 5.74) is 0. The van der Waals surface area contributed by atoms with Crippen molar-refractivity contribution < 1.29 is 64.6 Å². The summed E-state index contributed by atoms with van der Waals surface area (Å²) in [6.45, 7) is 2.93. The molecule has 0 aromatic rings. The van der Waals surface area contributed by atoms with Gasteiger partial charge in [0.25, 0.3) is 0 Å². The molecule has 12 unspecified atom stereocenters. The third-order valence-electron chi connectivity index (χ3n) is 17.6. The van der Waals surface area contributed by atoms with Crippen molar-refractivity contribution in [3.63, 3.8) is 0 Å². The van der Waals surface area contributed by atoms with Crippen LogP contribution in [0.5, 0.6) is 0 Å². The van der Waals surface area contributed by atoms with Gasteiger partial charge in [0, 0.05) is 6.42 Å². The Bertz CT molecular complexity index is 1360. The van der Waals surface area contributed by atoms with Crippen molar-refractivity contribution in [3.05, 3.63) is 0 Å². The predicted octanol–water partition coefficient (Wildman–Crippen LogP) is 13.6. The quantitative estimate of drug-likeness (QED) is 0.0259. The standard InChI is InChI=1S/C67H131NO13/c1-3-5-7-9-11-13-15-17-19-21-23-25-27-29-31-33-35-37-39-41-43-45-47-49-51-59(72)68-55(54-78-66-64(77)62(75)65(58(53-70)80-66)81-67-63(76)61(74)60(73)57(52-69)79-67)56(71)50-48-46-44-42-40-38-36-34-32-30-28-26-24-22-20-18-16-14-12-10-8-6-4-2/h55-58,60-67,69-71,73-77H,3-54H2,1-2H3,(H,68,72). The number of unbranched alkanes of at least 4 members (excludes halogenated alkanes) is 45. The molecule has 0 spiro atoms. The summed E-state index contributed by atoms with van der Waals surface area (Å²) >= 11 is 0. The SMILES string of the molecule is CCCCCCCCCCCCCCCCCCCCCCCCCCC(=O)NC(COC1OC(CO)C(OC2OC(CO)C(O)C(O)C2O)C(O)C1O)C(O)CCCCCCCCCCCCCCCCCCCCCCCCC. The van der Waals surface area contributed by atoms with Crippen LogP contribution in [0.15, 0.2) is 0 Å². The molecule has 0 saturated carbocycles. The topological polar surface area (TPSA) is 228 Å². The van der Waals surface area contributed by atoms with Gasteiger partial charge < -0.3 is 65.1 Å². The third-order valence-corrected chi connectivity index (χ3v) is 17.6. The van der Waals surface area contributed by atoms with Crippen LogP contribution in [0.1, 0.15) is 328 Å². The molecule has 0 aliphatic carbocycles. The number of aliphatic hydroxyl groups is 8. The Labute approximate surface area is 495 Å². The molecule has 14 heteroatoms. The first-order chi connectivity index (χ1) is 39.6. The minimum atomic E-state index is -1.78. The van der Waals surface area contributed by atoms with Crippen molar-refractivity contribution in [2.45, 2.75) is 402 Å². The lowest BCUT2D eigenvalue weighted by Gasteiger charge is -2.46. The van der Waals surface area contributed by atoms with Gasteiger partial charge in [0.05, 0.1) is 32.0 Å². The van der Waals surface area contributed by atoms with E-state index in [0.29, 0.717) is 12.8 Å². The molecular formula is C67H131NO13. The van der Waals surface area contributed by atoms with E-state index < -0.39 is 86.8 Å². The van der Waals surface area contributed by atoms with Crippen LogP contribution >= 0.6 is 0 Å². The molecule has 0 radical (unpaired) electrons.